The number of nitrogens with two attached hydrogens (primary N) is 1. The second-order valence-electron chi connectivity index (χ2n) is 6.16. The first kappa shape index (κ1) is 18.8. The van der Waals surface area contributed by atoms with E-state index in [1.807, 2.05) is 0 Å². The highest BCUT2D eigenvalue weighted by Crippen LogP contribution is 2.20. The molecule has 1 aliphatic rings. The van der Waals surface area contributed by atoms with Gasteiger partial charge in [-0.15, -0.1) is 0 Å². The van der Waals surface area contributed by atoms with Gasteiger partial charge in [0.2, 0.25) is 11.8 Å². The molecular weight excluding hydrogens is 332 g/mol. The summed E-state index contributed by atoms with van der Waals surface area (Å²) in [5.74, 6) is -2.96. The molecule has 136 valence electrons. The lowest BCUT2D eigenvalue weighted by Crippen LogP contribution is -2.45. The summed E-state index contributed by atoms with van der Waals surface area (Å²) in [5.41, 5.74) is 4.83. The van der Waals surface area contributed by atoms with Crippen molar-refractivity contribution in [2.75, 3.05) is 19.6 Å². The minimum atomic E-state index is -0.977. The van der Waals surface area contributed by atoms with E-state index in [0.29, 0.717) is 25.6 Å². The highest BCUT2D eigenvalue weighted by atomic mass is 19.1. The van der Waals surface area contributed by atoms with Crippen LogP contribution in [0, 0.1) is 17.6 Å². The molecule has 25 heavy (non-hydrogen) atoms. The predicted molar refractivity (Wildman–Crippen MR) is 86.4 cm³/mol. The van der Waals surface area contributed by atoms with Gasteiger partial charge in [0, 0.05) is 25.6 Å². The van der Waals surface area contributed by atoms with Crippen molar-refractivity contribution < 1.29 is 23.2 Å². The van der Waals surface area contributed by atoms with Gasteiger partial charge in [-0.25, -0.2) is 8.78 Å². The molecule has 3 N–H and O–H groups in total. The number of hydrogen-bond donors (Lipinski definition) is 2. The summed E-state index contributed by atoms with van der Waals surface area (Å²) in [5, 5.41) is 2.35. The summed E-state index contributed by atoms with van der Waals surface area (Å²) in [7, 11) is 0. The zero-order valence-corrected chi connectivity index (χ0v) is 13.8. The molecule has 0 saturated carbocycles. The van der Waals surface area contributed by atoms with Crippen LogP contribution in [0.4, 0.5) is 8.78 Å². The molecule has 0 aromatic heterocycles. The van der Waals surface area contributed by atoms with Crippen LogP contribution in [0.5, 0.6) is 0 Å². The maximum Gasteiger partial charge on any atom is 0.254 e. The third-order valence-electron chi connectivity index (χ3n) is 4.25. The molecule has 1 atom stereocenters. The van der Waals surface area contributed by atoms with E-state index in [1.54, 1.807) is 4.90 Å². The van der Waals surface area contributed by atoms with E-state index in [4.69, 9.17) is 5.73 Å². The van der Waals surface area contributed by atoms with Crippen molar-refractivity contribution in [3.8, 4) is 0 Å². The van der Waals surface area contributed by atoms with Gasteiger partial charge < -0.3 is 16.0 Å². The Hall–Kier alpha value is -2.51. The van der Waals surface area contributed by atoms with Crippen molar-refractivity contribution in [2.45, 2.75) is 25.7 Å². The van der Waals surface area contributed by atoms with Crippen LogP contribution in [-0.4, -0.2) is 42.3 Å². The van der Waals surface area contributed by atoms with Gasteiger partial charge in [-0.2, -0.15) is 0 Å². The van der Waals surface area contributed by atoms with Crippen LogP contribution in [0.1, 0.15) is 36.0 Å². The molecule has 0 aliphatic carbocycles. The van der Waals surface area contributed by atoms with Crippen LogP contribution in [0.3, 0.4) is 0 Å². The lowest BCUT2D eigenvalue weighted by molar-refractivity contribution is -0.131. The molecule has 0 radical (unpaired) electrons. The van der Waals surface area contributed by atoms with Crippen molar-refractivity contribution in [1.82, 2.24) is 10.2 Å². The number of primary amides is 1. The van der Waals surface area contributed by atoms with Crippen molar-refractivity contribution in [2.24, 2.45) is 11.7 Å². The Morgan fingerprint density at radius 3 is 2.72 bits per heavy atom. The van der Waals surface area contributed by atoms with Crippen LogP contribution in [0.15, 0.2) is 18.2 Å². The number of piperidine rings is 1. The number of nitrogens with one attached hydrogen (secondary N) is 1. The van der Waals surface area contributed by atoms with E-state index in [1.165, 1.54) is 0 Å². The van der Waals surface area contributed by atoms with Gasteiger partial charge in [-0.3, -0.25) is 14.4 Å². The number of rotatable bonds is 6. The summed E-state index contributed by atoms with van der Waals surface area (Å²) in [4.78, 5) is 36.6. The Labute approximate surface area is 144 Å². The zero-order chi connectivity index (χ0) is 18.4. The number of halogens is 2. The summed E-state index contributed by atoms with van der Waals surface area (Å²) in [6, 6.07) is 2.63. The molecule has 1 aliphatic heterocycles. The van der Waals surface area contributed by atoms with Crippen LogP contribution in [0.2, 0.25) is 0 Å². The Morgan fingerprint density at radius 2 is 2.04 bits per heavy atom. The van der Waals surface area contributed by atoms with Crippen molar-refractivity contribution in [1.29, 1.82) is 0 Å². The summed E-state index contributed by atoms with van der Waals surface area (Å²) in [6.45, 7) is 0.817. The van der Waals surface area contributed by atoms with Gasteiger partial charge >= 0.3 is 0 Å². The van der Waals surface area contributed by atoms with Crippen molar-refractivity contribution >= 4 is 17.7 Å². The van der Waals surface area contributed by atoms with Crippen molar-refractivity contribution in [3.05, 3.63) is 35.4 Å². The number of benzene rings is 1. The lowest BCUT2D eigenvalue weighted by atomic mass is 9.93. The number of amides is 3. The van der Waals surface area contributed by atoms with Gasteiger partial charge in [0.1, 0.15) is 11.6 Å². The van der Waals surface area contributed by atoms with Crippen LogP contribution in [0.25, 0.3) is 0 Å². The second-order valence-corrected chi connectivity index (χ2v) is 6.16. The molecule has 1 saturated heterocycles. The lowest BCUT2D eigenvalue weighted by Gasteiger charge is -2.32. The van der Waals surface area contributed by atoms with E-state index >= 15 is 0 Å². The number of carbonyl (C=O) groups excluding carboxylic acids is 3. The summed E-state index contributed by atoms with van der Waals surface area (Å²) >= 11 is 0. The third-order valence-corrected chi connectivity index (χ3v) is 4.25. The number of likely N-dealkylation sites (tertiary alicyclic amines) is 1. The fourth-order valence-corrected chi connectivity index (χ4v) is 2.91. The van der Waals surface area contributed by atoms with Crippen LogP contribution < -0.4 is 11.1 Å². The van der Waals surface area contributed by atoms with Crippen LogP contribution >= 0.6 is 0 Å². The molecule has 3 amide bonds. The average Bonchev–Trinajstić information content (AvgIpc) is 2.57. The Balaban J connectivity index is 1.84. The average molecular weight is 353 g/mol. The highest BCUT2D eigenvalue weighted by molar-refractivity contribution is 5.96. The van der Waals surface area contributed by atoms with Crippen LogP contribution in [-0.2, 0) is 9.59 Å². The fourth-order valence-electron chi connectivity index (χ4n) is 2.91. The summed E-state index contributed by atoms with van der Waals surface area (Å²) < 4.78 is 26.4. The molecule has 2 rings (SSSR count). The van der Waals surface area contributed by atoms with E-state index < -0.39 is 17.5 Å². The number of nitrogens with zero attached hydrogens (tertiary/aromatic N) is 1. The molecule has 6 nitrogen and oxygen atoms in total. The molecule has 1 aromatic carbocycles. The fraction of sp³-hybridized carbons (Fsp3) is 0.471. The normalized spacial score (nSPS) is 17.2. The molecule has 1 unspecified atom stereocenters. The molecule has 1 fully saturated rings. The Bertz CT molecular complexity index is 667. The Kier molecular flexibility index (Phi) is 6.44. The molecule has 0 bridgehead atoms. The number of hydrogen-bond acceptors (Lipinski definition) is 3. The monoisotopic (exact) mass is 353 g/mol. The molecule has 1 aromatic rings. The predicted octanol–water partition coefficient (Wildman–Crippen LogP) is 1.20. The van der Waals surface area contributed by atoms with Gasteiger partial charge in [0.25, 0.3) is 5.91 Å². The Morgan fingerprint density at radius 1 is 1.28 bits per heavy atom. The highest BCUT2D eigenvalue weighted by Gasteiger charge is 2.24. The minimum Gasteiger partial charge on any atom is -0.370 e. The van der Waals surface area contributed by atoms with Gasteiger partial charge in [0.15, 0.2) is 0 Å². The third kappa shape index (κ3) is 5.51. The van der Waals surface area contributed by atoms with Gasteiger partial charge in [-0.05, 0) is 37.3 Å². The molecule has 8 heteroatoms. The molecular formula is C17H21F2N3O3. The maximum absolute atomic E-state index is 13.5. The maximum atomic E-state index is 13.5. The van der Waals surface area contributed by atoms with E-state index in [2.05, 4.69) is 5.32 Å². The first-order chi connectivity index (χ1) is 11.9. The standard InChI is InChI=1S/C17H21F2N3O3/c18-12-4-5-13(14(19)8-12)17(25)21-9-16(24)22-7-1-2-11(10-22)3-6-15(20)23/h4-5,8,11H,1-3,6-7,9-10H2,(H2,20,23)(H,21,25). The topological polar surface area (TPSA) is 92.5 Å². The number of carbonyl (C=O) groups is 3. The quantitative estimate of drug-likeness (QED) is 0.805. The van der Waals surface area contributed by atoms with E-state index in [9.17, 15) is 23.2 Å². The smallest absolute Gasteiger partial charge is 0.254 e. The van der Waals surface area contributed by atoms with Gasteiger partial charge in [-0.1, -0.05) is 0 Å². The SMILES string of the molecule is NC(=O)CCC1CCCN(C(=O)CNC(=O)c2ccc(F)cc2F)C1. The first-order valence-electron chi connectivity index (χ1n) is 8.16. The van der Waals surface area contributed by atoms with E-state index in [-0.39, 0.29) is 36.3 Å². The largest absolute Gasteiger partial charge is 0.370 e. The second kappa shape index (κ2) is 8.55. The molecule has 0 spiro atoms. The summed E-state index contributed by atoms with van der Waals surface area (Å²) in [6.07, 6.45) is 2.65. The first-order valence-corrected chi connectivity index (χ1v) is 8.16. The van der Waals surface area contributed by atoms with Gasteiger partial charge in [0.05, 0.1) is 12.1 Å². The molecule has 1 heterocycles. The van der Waals surface area contributed by atoms with Crippen molar-refractivity contribution in [3.63, 3.8) is 0 Å². The zero-order valence-electron chi connectivity index (χ0n) is 13.8. The minimum absolute atomic E-state index is 0.204. The van der Waals surface area contributed by atoms with E-state index in [0.717, 1.165) is 25.0 Å².